The predicted octanol–water partition coefficient (Wildman–Crippen LogP) is 6.29. The first kappa shape index (κ1) is 20.6. The SMILES string of the molecule is O=C(NC(=S)Nc1cc(Cl)c(Cl)cc1Cl)C(c1ccccc1)c1ccccc1. The molecule has 0 saturated carbocycles. The fourth-order valence-electron chi connectivity index (χ4n) is 2.74. The van der Waals surface area contributed by atoms with Crippen molar-refractivity contribution in [3.05, 3.63) is 99.0 Å². The summed E-state index contributed by atoms with van der Waals surface area (Å²) in [7, 11) is 0. The molecule has 0 aromatic heterocycles. The zero-order chi connectivity index (χ0) is 20.1. The predicted molar refractivity (Wildman–Crippen MR) is 121 cm³/mol. The van der Waals surface area contributed by atoms with Gasteiger partial charge in [0.05, 0.1) is 26.7 Å². The van der Waals surface area contributed by atoms with E-state index in [1.807, 2.05) is 60.7 Å². The maximum Gasteiger partial charge on any atom is 0.238 e. The molecule has 3 nitrogen and oxygen atoms in total. The van der Waals surface area contributed by atoms with E-state index in [1.165, 1.54) is 6.07 Å². The number of anilines is 1. The number of rotatable bonds is 4. The Kier molecular flexibility index (Phi) is 6.92. The van der Waals surface area contributed by atoms with Crippen molar-refractivity contribution in [2.45, 2.75) is 5.92 Å². The lowest BCUT2D eigenvalue weighted by molar-refractivity contribution is -0.120. The topological polar surface area (TPSA) is 41.1 Å². The largest absolute Gasteiger partial charge is 0.331 e. The summed E-state index contributed by atoms with van der Waals surface area (Å²) in [5, 5.41) is 6.74. The van der Waals surface area contributed by atoms with Crippen molar-refractivity contribution < 1.29 is 4.79 Å². The summed E-state index contributed by atoms with van der Waals surface area (Å²) in [6, 6.07) is 22.1. The lowest BCUT2D eigenvalue weighted by Gasteiger charge is -2.19. The Balaban J connectivity index is 1.81. The van der Waals surface area contributed by atoms with Gasteiger partial charge in [0.2, 0.25) is 5.91 Å². The van der Waals surface area contributed by atoms with Crippen LogP contribution in [0.1, 0.15) is 17.0 Å². The Morgan fingerprint density at radius 1 is 0.786 bits per heavy atom. The molecule has 0 saturated heterocycles. The van der Waals surface area contributed by atoms with Gasteiger partial charge in [-0.15, -0.1) is 0 Å². The van der Waals surface area contributed by atoms with Crippen LogP contribution in [0.2, 0.25) is 15.1 Å². The van der Waals surface area contributed by atoms with Crippen molar-refractivity contribution in [2.24, 2.45) is 0 Å². The highest BCUT2D eigenvalue weighted by Crippen LogP contribution is 2.32. The van der Waals surface area contributed by atoms with Crippen molar-refractivity contribution in [1.29, 1.82) is 0 Å². The smallest absolute Gasteiger partial charge is 0.238 e. The molecular weight excluding hydrogens is 435 g/mol. The van der Waals surface area contributed by atoms with Crippen LogP contribution in [0.3, 0.4) is 0 Å². The van der Waals surface area contributed by atoms with E-state index in [-0.39, 0.29) is 11.0 Å². The first-order valence-electron chi connectivity index (χ1n) is 8.32. The Bertz CT molecular complexity index is 958. The van der Waals surface area contributed by atoms with E-state index in [0.29, 0.717) is 20.8 Å². The van der Waals surface area contributed by atoms with Crippen LogP contribution in [0.15, 0.2) is 72.8 Å². The Labute approximate surface area is 183 Å². The number of hydrogen-bond acceptors (Lipinski definition) is 2. The summed E-state index contributed by atoms with van der Waals surface area (Å²) >= 11 is 23.4. The van der Waals surface area contributed by atoms with Gasteiger partial charge in [-0.25, -0.2) is 0 Å². The van der Waals surface area contributed by atoms with Crippen LogP contribution in [0.25, 0.3) is 0 Å². The number of hydrogen-bond donors (Lipinski definition) is 2. The summed E-state index contributed by atoms with van der Waals surface area (Å²) in [6.45, 7) is 0. The Morgan fingerprint density at radius 2 is 1.29 bits per heavy atom. The van der Waals surface area contributed by atoms with E-state index < -0.39 is 5.92 Å². The second-order valence-electron chi connectivity index (χ2n) is 5.94. The third kappa shape index (κ3) is 5.03. The molecule has 2 N–H and O–H groups in total. The van der Waals surface area contributed by atoms with Crippen LogP contribution in [0, 0.1) is 0 Å². The van der Waals surface area contributed by atoms with Gasteiger partial charge in [-0.1, -0.05) is 95.5 Å². The third-order valence-electron chi connectivity index (χ3n) is 4.02. The van der Waals surface area contributed by atoms with Crippen molar-refractivity contribution in [3.63, 3.8) is 0 Å². The molecule has 7 heteroatoms. The molecule has 0 atom stereocenters. The summed E-state index contributed by atoms with van der Waals surface area (Å²) in [5.41, 5.74) is 2.18. The minimum absolute atomic E-state index is 0.113. The van der Waals surface area contributed by atoms with Crippen molar-refractivity contribution in [2.75, 3.05) is 5.32 Å². The number of halogens is 3. The maximum atomic E-state index is 13.0. The second kappa shape index (κ2) is 9.39. The first-order valence-corrected chi connectivity index (χ1v) is 9.86. The van der Waals surface area contributed by atoms with Crippen LogP contribution in [-0.4, -0.2) is 11.0 Å². The van der Waals surface area contributed by atoms with Gasteiger partial charge in [-0.05, 0) is 35.5 Å². The van der Waals surface area contributed by atoms with Gasteiger partial charge in [-0.2, -0.15) is 0 Å². The van der Waals surface area contributed by atoms with Gasteiger partial charge in [0.15, 0.2) is 5.11 Å². The van der Waals surface area contributed by atoms with E-state index in [0.717, 1.165) is 11.1 Å². The fraction of sp³-hybridized carbons (Fsp3) is 0.0476. The highest BCUT2D eigenvalue weighted by Gasteiger charge is 2.23. The molecule has 3 rings (SSSR count). The third-order valence-corrected chi connectivity index (χ3v) is 5.26. The highest BCUT2D eigenvalue weighted by molar-refractivity contribution is 7.80. The zero-order valence-corrected chi connectivity index (χ0v) is 17.5. The van der Waals surface area contributed by atoms with Crippen LogP contribution in [-0.2, 0) is 4.79 Å². The van der Waals surface area contributed by atoms with E-state index >= 15 is 0 Å². The average molecular weight is 450 g/mol. The average Bonchev–Trinajstić information content (AvgIpc) is 2.68. The number of amides is 1. The van der Waals surface area contributed by atoms with Crippen LogP contribution in [0.5, 0.6) is 0 Å². The minimum Gasteiger partial charge on any atom is -0.331 e. The summed E-state index contributed by atoms with van der Waals surface area (Å²) in [6.07, 6.45) is 0. The monoisotopic (exact) mass is 448 g/mol. The highest BCUT2D eigenvalue weighted by atomic mass is 35.5. The van der Waals surface area contributed by atoms with E-state index in [4.69, 9.17) is 47.0 Å². The molecule has 142 valence electrons. The molecule has 0 spiro atoms. The Hall–Kier alpha value is -2.11. The van der Waals surface area contributed by atoms with Crippen molar-refractivity contribution >= 4 is 63.7 Å². The van der Waals surface area contributed by atoms with Gasteiger partial charge in [-0.3, -0.25) is 4.79 Å². The number of thiocarbonyl (C=S) groups is 1. The molecule has 3 aromatic carbocycles. The Morgan fingerprint density at radius 3 is 1.82 bits per heavy atom. The van der Waals surface area contributed by atoms with Crippen molar-refractivity contribution in [3.8, 4) is 0 Å². The number of benzene rings is 3. The lowest BCUT2D eigenvalue weighted by Crippen LogP contribution is -2.38. The summed E-state index contributed by atoms with van der Waals surface area (Å²) in [4.78, 5) is 13.0. The quantitative estimate of drug-likeness (QED) is 0.363. The maximum absolute atomic E-state index is 13.0. The summed E-state index contributed by atoms with van der Waals surface area (Å²) in [5.74, 6) is -0.766. The van der Waals surface area contributed by atoms with Gasteiger partial charge in [0.25, 0.3) is 0 Å². The molecule has 0 aliphatic carbocycles. The van der Waals surface area contributed by atoms with E-state index in [9.17, 15) is 4.79 Å². The van der Waals surface area contributed by atoms with E-state index in [2.05, 4.69) is 10.6 Å². The van der Waals surface area contributed by atoms with Gasteiger partial charge in [0.1, 0.15) is 0 Å². The molecule has 0 heterocycles. The molecule has 0 unspecified atom stereocenters. The number of carbonyl (C=O) groups excluding carboxylic acids is 1. The molecule has 28 heavy (non-hydrogen) atoms. The van der Waals surface area contributed by atoms with Gasteiger partial charge >= 0.3 is 0 Å². The van der Waals surface area contributed by atoms with Crippen LogP contribution < -0.4 is 10.6 Å². The van der Waals surface area contributed by atoms with E-state index in [1.54, 1.807) is 6.07 Å². The van der Waals surface area contributed by atoms with Crippen LogP contribution in [0.4, 0.5) is 5.69 Å². The zero-order valence-electron chi connectivity index (χ0n) is 14.5. The number of nitrogens with one attached hydrogen (secondary N) is 2. The van der Waals surface area contributed by atoms with Crippen LogP contribution >= 0.6 is 47.0 Å². The molecule has 0 aliphatic rings. The van der Waals surface area contributed by atoms with Gasteiger partial charge < -0.3 is 10.6 Å². The lowest BCUT2D eigenvalue weighted by atomic mass is 9.90. The standard InChI is InChI=1S/C21H15Cl3N2OS/c22-15-11-17(24)18(12-16(15)23)25-21(28)26-20(27)19(13-7-3-1-4-8-13)14-9-5-2-6-10-14/h1-12,19H,(H2,25,26,27,28). The summed E-state index contributed by atoms with van der Waals surface area (Å²) < 4.78 is 0. The molecule has 0 fully saturated rings. The second-order valence-corrected chi connectivity index (χ2v) is 7.57. The molecule has 0 bridgehead atoms. The first-order chi connectivity index (χ1) is 13.5. The molecule has 0 aliphatic heterocycles. The molecule has 0 radical (unpaired) electrons. The minimum atomic E-state index is -0.508. The number of carbonyl (C=O) groups is 1. The van der Waals surface area contributed by atoms with Gasteiger partial charge in [0, 0.05) is 0 Å². The molecule has 3 aromatic rings. The van der Waals surface area contributed by atoms with Crippen molar-refractivity contribution in [1.82, 2.24) is 5.32 Å². The fourth-order valence-corrected chi connectivity index (χ4v) is 3.55. The molecular formula is C21H15Cl3N2OS. The normalized spacial score (nSPS) is 10.6. The molecule has 1 amide bonds.